The Morgan fingerprint density at radius 2 is 1.71 bits per heavy atom. The largest absolute Gasteiger partial charge is 0.489 e. The van der Waals surface area contributed by atoms with Gasteiger partial charge >= 0.3 is 7.12 Å². The van der Waals surface area contributed by atoms with Gasteiger partial charge in [0.1, 0.15) is 11.2 Å². The predicted molar refractivity (Wildman–Crippen MR) is 86.1 cm³/mol. The van der Waals surface area contributed by atoms with E-state index < -0.39 is 7.12 Å². The van der Waals surface area contributed by atoms with Crippen LogP contribution in [0.15, 0.2) is 52.9 Å². The van der Waals surface area contributed by atoms with Crippen LogP contribution in [-0.4, -0.2) is 17.2 Å². The molecule has 3 aromatic carbocycles. The maximum Gasteiger partial charge on any atom is 0.489 e. The summed E-state index contributed by atoms with van der Waals surface area (Å²) < 4.78 is 5.83. The standard InChI is InChI=1S/C16H10BClO3/c18-10-5-6-13-12(8-10)15-14(21-13)7-9-3-1-2-4-11(9)16(15)17(19)20/h1-8,19-20H. The van der Waals surface area contributed by atoms with Gasteiger partial charge in [-0.1, -0.05) is 35.9 Å². The number of benzene rings is 3. The Hall–Kier alpha value is -2.01. The van der Waals surface area contributed by atoms with Crippen molar-refractivity contribution in [3.05, 3.63) is 53.6 Å². The quantitative estimate of drug-likeness (QED) is 0.531. The highest BCUT2D eigenvalue weighted by atomic mass is 35.5. The van der Waals surface area contributed by atoms with Gasteiger partial charge in [0.2, 0.25) is 0 Å². The molecule has 1 heterocycles. The van der Waals surface area contributed by atoms with Crippen molar-refractivity contribution < 1.29 is 14.5 Å². The third-order valence-electron chi connectivity index (χ3n) is 3.74. The van der Waals surface area contributed by atoms with Crippen LogP contribution in [0.2, 0.25) is 5.02 Å². The minimum Gasteiger partial charge on any atom is -0.456 e. The molecular weight excluding hydrogens is 286 g/mol. The Balaban J connectivity index is 2.31. The van der Waals surface area contributed by atoms with Gasteiger partial charge in [-0.3, -0.25) is 0 Å². The van der Waals surface area contributed by atoms with Gasteiger partial charge in [-0.2, -0.15) is 0 Å². The van der Waals surface area contributed by atoms with E-state index in [1.54, 1.807) is 18.2 Å². The number of hydrogen-bond donors (Lipinski definition) is 2. The first kappa shape index (κ1) is 12.7. The Bertz CT molecular complexity index is 991. The van der Waals surface area contributed by atoms with Gasteiger partial charge in [0.05, 0.1) is 0 Å². The fourth-order valence-corrected chi connectivity index (χ4v) is 3.05. The summed E-state index contributed by atoms with van der Waals surface area (Å²) in [5.41, 5.74) is 1.74. The molecule has 0 amide bonds. The first-order valence-electron chi connectivity index (χ1n) is 6.55. The van der Waals surface area contributed by atoms with Gasteiger partial charge in [0.25, 0.3) is 0 Å². The number of fused-ring (bicyclic) bond motifs is 4. The van der Waals surface area contributed by atoms with Crippen LogP contribution in [0, 0.1) is 0 Å². The van der Waals surface area contributed by atoms with Crippen LogP contribution in [0.3, 0.4) is 0 Å². The molecule has 1 aromatic heterocycles. The number of rotatable bonds is 1. The van der Waals surface area contributed by atoms with Gasteiger partial charge in [0.15, 0.2) is 0 Å². The van der Waals surface area contributed by atoms with Gasteiger partial charge in [0, 0.05) is 21.3 Å². The van der Waals surface area contributed by atoms with Crippen LogP contribution >= 0.6 is 11.6 Å². The third kappa shape index (κ3) is 1.84. The zero-order valence-electron chi connectivity index (χ0n) is 10.9. The summed E-state index contributed by atoms with van der Waals surface area (Å²) in [5, 5.41) is 23.5. The van der Waals surface area contributed by atoms with Crippen molar-refractivity contribution in [2.45, 2.75) is 0 Å². The van der Waals surface area contributed by atoms with Crippen molar-refractivity contribution in [3.63, 3.8) is 0 Å². The van der Waals surface area contributed by atoms with E-state index in [9.17, 15) is 10.0 Å². The minimum atomic E-state index is -1.58. The van der Waals surface area contributed by atoms with Crippen LogP contribution in [0.4, 0.5) is 0 Å². The molecule has 0 fully saturated rings. The minimum absolute atomic E-state index is 0.448. The molecule has 4 aromatic rings. The van der Waals surface area contributed by atoms with Crippen molar-refractivity contribution in [2.75, 3.05) is 0 Å². The Morgan fingerprint density at radius 3 is 2.52 bits per heavy atom. The maximum atomic E-state index is 9.85. The van der Waals surface area contributed by atoms with E-state index in [1.165, 1.54) is 0 Å². The van der Waals surface area contributed by atoms with Crippen LogP contribution < -0.4 is 5.46 Å². The highest BCUT2D eigenvalue weighted by molar-refractivity contribution is 6.66. The van der Waals surface area contributed by atoms with Gasteiger partial charge in [-0.15, -0.1) is 0 Å². The molecule has 0 spiro atoms. The molecule has 0 atom stereocenters. The molecular formula is C16H10BClO3. The molecule has 0 unspecified atom stereocenters. The van der Waals surface area contributed by atoms with Crippen molar-refractivity contribution in [2.24, 2.45) is 0 Å². The second kappa shape index (κ2) is 4.50. The van der Waals surface area contributed by atoms with Gasteiger partial charge < -0.3 is 14.5 Å². The fraction of sp³-hybridized carbons (Fsp3) is 0. The summed E-state index contributed by atoms with van der Waals surface area (Å²) in [5.74, 6) is 0. The van der Waals surface area contributed by atoms with E-state index in [0.29, 0.717) is 27.0 Å². The van der Waals surface area contributed by atoms with Crippen molar-refractivity contribution in [1.82, 2.24) is 0 Å². The monoisotopic (exact) mass is 296 g/mol. The van der Waals surface area contributed by atoms with Crippen LogP contribution in [0.25, 0.3) is 32.7 Å². The second-order valence-electron chi connectivity index (χ2n) is 5.00. The summed E-state index contributed by atoms with van der Waals surface area (Å²) in [7, 11) is -1.58. The fourth-order valence-electron chi connectivity index (χ4n) is 2.88. The zero-order valence-corrected chi connectivity index (χ0v) is 11.6. The van der Waals surface area contributed by atoms with Crippen molar-refractivity contribution >= 4 is 56.9 Å². The molecule has 21 heavy (non-hydrogen) atoms. The smallest absolute Gasteiger partial charge is 0.456 e. The molecule has 4 rings (SSSR count). The molecule has 0 saturated heterocycles. The highest BCUT2D eigenvalue weighted by Gasteiger charge is 2.22. The average Bonchev–Trinajstić information content (AvgIpc) is 2.81. The summed E-state index contributed by atoms with van der Waals surface area (Å²) >= 11 is 6.06. The molecule has 3 nitrogen and oxygen atoms in total. The zero-order chi connectivity index (χ0) is 14.6. The number of hydrogen-bond acceptors (Lipinski definition) is 3. The van der Waals surface area contributed by atoms with E-state index in [1.807, 2.05) is 30.3 Å². The van der Waals surface area contributed by atoms with E-state index in [4.69, 9.17) is 16.0 Å². The van der Waals surface area contributed by atoms with Crippen molar-refractivity contribution in [1.29, 1.82) is 0 Å². The van der Waals surface area contributed by atoms with E-state index in [0.717, 1.165) is 16.2 Å². The van der Waals surface area contributed by atoms with Crippen LogP contribution in [0.1, 0.15) is 0 Å². The Kier molecular flexibility index (Phi) is 2.72. The SMILES string of the molecule is OB(O)c1c2ccccc2cc2oc3ccc(Cl)cc3c12. The highest BCUT2D eigenvalue weighted by Crippen LogP contribution is 2.32. The lowest BCUT2D eigenvalue weighted by atomic mass is 9.74. The molecule has 102 valence electrons. The van der Waals surface area contributed by atoms with Gasteiger partial charge in [-0.25, -0.2) is 0 Å². The third-order valence-corrected chi connectivity index (χ3v) is 3.98. The van der Waals surface area contributed by atoms with E-state index >= 15 is 0 Å². The second-order valence-corrected chi connectivity index (χ2v) is 5.44. The van der Waals surface area contributed by atoms with Crippen LogP contribution in [0.5, 0.6) is 0 Å². The maximum absolute atomic E-state index is 9.85. The topological polar surface area (TPSA) is 53.6 Å². The normalized spacial score (nSPS) is 11.6. The molecule has 0 aliphatic heterocycles. The molecule has 2 N–H and O–H groups in total. The molecule has 0 bridgehead atoms. The number of furan rings is 1. The molecule has 5 heteroatoms. The summed E-state index contributed by atoms with van der Waals surface area (Å²) in [6, 6.07) is 14.8. The lowest BCUT2D eigenvalue weighted by molar-refractivity contribution is 0.426. The molecule has 0 saturated carbocycles. The van der Waals surface area contributed by atoms with Crippen molar-refractivity contribution in [3.8, 4) is 0 Å². The number of halogens is 1. The first-order valence-corrected chi connectivity index (χ1v) is 6.92. The summed E-state index contributed by atoms with van der Waals surface area (Å²) in [6.07, 6.45) is 0. The Morgan fingerprint density at radius 1 is 0.905 bits per heavy atom. The van der Waals surface area contributed by atoms with E-state index in [2.05, 4.69) is 0 Å². The lowest BCUT2D eigenvalue weighted by Crippen LogP contribution is -2.31. The first-order chi connectivity index (χ1) is 10.1. The Labute approximate surface area is 125 Å². The molecule has 0 radical (unpaired) electrons. The molecule has 0 aliphatic rings. The van der Waals surface area contributed by atoms with Gasteiger partial charge in [-0.05, 0) is 35.0 Å². The predicted octanol–water partition coefficient (Wildman–Crippen LogP) is 3.07. The average molecular weight is 297 g/mol. The summed E-state index contributed by atoms with van der Waals surface area (Å²) in [6.45, 7) is 0. The van der Waals surface area contributed by atoms with Crippen LogP contribution in [-0.2, 0) is 0 Å². The lowest BCUT2D eigenvalue weighted by Gasteiger charge is -2.07. The molecule has 0 aliphatic carbocycles. The van der Waals surface area contributed by atoms with E-state index in [-0.39, 0.29) is 0 Å². The summed E-state index contributed by atoms with van der Waals surface area (Å²) in [4.78, 5) is 0.